The molecule has 0 fully saturated rings. The SMILES string of the molecule is COCCn1ncc(Cl)c1C(O)Cc1ccc(Cl)c(Cl)c1. The van der Waals surface area contributed by atoms with E-state index in [0.29, 0.717) is 40.3 Å². The van der Waals surface area contributed by atoms with E-state index in [0.717, 1.165) is 5.56 Å². The largest absolute Gasteiger partial charge is 0.386 e. The first kappa shape index (κ1) is 16.6. The lowest BCUT2D eigenvalue weighted by atomic mass is 10.1. The number of aliphatic hydroxyl groups is 1. The predicted molar refractivity (Wildman–Crippen MR) is 84.2 cm³/mol. The Morgan fingerprint density at radius 1 is 1.24 bits per heavy atom. The van der Waals surface area contributed by atoms with E-state index in [-0.39, 0.29) is 0 Å². The van der Waals surface area contributed by atoms with E-state index >= 15 is 0 Å². The number of hydrogen-bond donors (Lipinski definition) is 1. The van der Waals surface area contributed by atoms with Crippen molar-refractivity contribution in [2.24, 2.45) is 0 Å². The molecule has 0 saturated heterocycles. The standard InChI is InChI=1S/C14H15Cl3N2O2/c1-21-5-4-19-14(12(17)8-18-19)13(20)7-9-2-3-10(15)11(16)6-9/h2-3,6,8,13,20H,4-5,7H2,1H3. The van der Waals surface area contributed by atoms with E-state index in [1.807, 2.05) is 6.07 Å². The highest BCUT2D eigenvalue weighted by Gasteiger charge is 2.19. The van der Waals surface area contributed by atoms with Crippen molar-refractivity contribution >= 4 is 34.8 Å². The maximum atomic E-state index is 10.4. The number of rotatable bonds is 6. The van der Waals surface area contributed by atoms with Crippen LogP contribution in [0.15, 0.2) is 24.4 Å². The van der Waals surface area contributed by atoms with Crippen molar-refractivity contribution in [3.8, 4) is 0 Å². The molecule has 7 heteroatoms. The number of methoxy groups -OCH3 is 1. The number of aromatic nitrogens is 2. The third-order valence-electron chi connectivity index (χ3n) is 3.07. The number of halogens is 3. The Labute approximate surface area is 138 Å². The monoisotopic (exact) mass is 348 g/mol. The number of nitrogens with zero attached hydrogens (tertiary/aromatic N) is 2. The molecule has 1 unspecified atom stereocenters. The molecule has 1 N–H and O–H groups in total. The maximum absolute atomic E-state index is 10.4. The smallest absolute Gasteiger partial charge is 0.101 e. The molecule has 0 aliphatic rings. The summed E-state index contributed by atoms with van der Waals surface area (Å²) in [6.45, 7) is 1.02. The van der Waals surface area contributed by atoms with Gasteiger partial charge in [0.2, 0.25) is 0 Å². The molecule has 1 aromatic heterocycles. The van der Waals surface area contributed by atoms with Gasteiger partial charge in [-0.15, -0.1) is 0 Å². The third kappa shape index (κ3) is 4.11. The summed E-state index contributed by atoms with van der Waals surface area (Å²) in [5, 5.41) is 15.9. The lowest BCUT2D eigenvalue weighted by Gasteiger charge is -2.14. The Morgan fingerprint density at radius 3 is 2.67 bits per heavy atom. The summed E-state index contributed by atoms with van der Waals surface area (Å²) in [5.41, 5.74) is 1.44. The molecule has 1 atom stereocenters. The zero-order valence-electron chi connectivity index (χ0n) is 11.4. The number of aliphatic hydroxyl groups excluding tert-OH is 1. The lowest BCUT2D eigenvalue weighted by Crippen LogP contribution is -2.14. The maximum Gasteiger partial charge on any atom is 0.101 e. The van der Waals surface area contributed by atoms with Crippen molar-refractivity contribution in [3.05, 3.63) is 50.7 Å². The van der Waals surface area contributed by atoms with Gasteiger partial charge in [-0.2, -0.15) is 5.10 Å². The number of hydrogen-bond acceptors (Lipinski definition) is 3. The van der Waals surface area contributed by atoms with Gasteiger partial charge in [-0.1, -0.05) is 40.9 Å². The summed E-state index contributed by atoms with van der Waals surface area (Å²) >= 11 is 18.0. The second kappa shape index (κ2) is 7.47. The molecule has 0 spiro atoms. The zero-order valence-corrected chi connectivity index (χ0v) is 13.7. The van der Waals surface area contributed by atoms with Crippen LogP contribution in [0.2, 0.25) is 15.1 Å². The Morgan fingerprint density at radius 2 is 2.00 bits per heavy atom. The van der Waals surface area contributed by atoms with E-state index in [4.69, 9.17) is 39.5 Å². The fourth-order valence-corrected chi connectivity index (χ4v) is 2.63. The Balaban J connectivity index is 2.17. The van der Waals surface area contributed by atoms with Gasteiger partial charge in [-0.25, -0.2) is 0 Å². The highest BCUT2D eigenvalue weighted by Crippen LogP contribution is 2.28. The normalized spacial score (nSPS) is 12.6. The minimum atomic E-state index is -0.783. The highest BCUT2D eigenvalue weighted by molar-refractivity contribution is 6.42. The lowest BCUT2D eigenvalue weighted by molar-refractivity contribution is 0.153. The summed E-state index contributed by atoms with van der Waals surface area (Å²) in [7, 11) is 1.61. The number of ether oxygens (including phenoxy) is 1. The first-order valence-electron chi connectivity index (χ1n) is 6.35. The second-order valence-corrected chi connectivity index (χ2v) is 5.78. The van der Waals surface area contributed by atoms with E-state index in [9.17, 15) is 5.11 Å². The second-order valence-electron chi connectivity index (χ2n) is 4.56. The Kier molecular flexibility index (Phi) is 5.90. The molecule has 0 aliphatic carbocycles. The van der Waals surface area contributed by atoms with E-state index in [1.165, 1.54) is 6.20 Å². The van der Waals surface area contributed by atoms with Gasteiger partial charge in [0.25, 0.3) is 0 Å². The molecule has 0 aliphatic heterocycles. The third-order valence-corrected chi connectivity index (χ3v) is 4.10. The summed E-state index contributed by atoms with van der Waals surface area (Å²) < 4.78 is 6.67. The predicted octanol–water partition coefficient (Wildman–Crippen LogP) is 3.77. The van der Waals surface area contributed by atoms with Crippen molar-refractivity contribution in [1.82, 2.24) is 9.78 Å². The molecule has 0 radical (unpaired) electrons. The van der Waals surface area contributed by atoms with Gasteiger partial charge in [-0.3, -0.25) is 4.68 Å². The Bertz CT molecular complexity index is 616. The summed E-state index contributed by atoms with van der Waals surface area (Å²) in [5.74, 6) is 0. The molecule has 0 amide bonds. The van der Waals surface area contributed by atoms with Crippen molar-refractivity contribution in [2.75, 3.05) is 13.7 Å². The van der Waals surface area contributed by atoms with E-state index in [2.05, 4.69) is 5.10 Å². The van der Waals surface area contributed by atoms with Crippen molar-refractivity contribution in [3.63, 3.8) is 0 Å². The number of benzene rings is 1. The van der Waals surface area contributed by atoms with Crippen LogP contribution in [0.4, 0.5) is 0 Å². The first-order chi connectivity index (χ1) is 10.0. The van der Waals surface area contributed by atoms with Crippen LogP contribution in [0, 0.1) is 0 Å². The van der Waals surface area contributed by atoms with Gasteiger partial charge in [-0.05, 0) is 17.7 Å². The molecular formula is C14H15Cl3N2O2. The molecule has 0 saturated carbocycles. The first-order valence-corrected chi connectivity index (χ1v) is 7.48. The van der Waals surface area contributed by atoms with Gasteiger partial charge >= 0.3 is 0 Å². The molecule has 21 heavy (non-hydrogen) atoms. The quantitative estimate of drug-likeness (QED) is 0.863. The van der Waals surface area contributed by atoms with Gasteiger partial charge in [0.05, 0.1) is 40.1 Å². The van der Waals surface area contributed by atoms with Crippen LogP contribution >= 0.6 is 34.8 Å². The van der Waals surface area contributed by atoms with Gasteiger partial charge in [0.15, 0.2) is 0 Å². The summed E-state index contributed by atoms with van der Waals surface area (Å²) in [4.78, 5) is 0. The van der Waals surface area contributed by atoms with Crippen LogP contribution in [-0.4, -0.2) is 28.6 Å². The van der Waals surface area contributed by atoms with Crippen molar-refractivity contribution in [2.45, 2.75) is 19.1 Å². The molecule has 1 heterocycles. The average Bonchev–Trinajstić information content (AvgIpc) is 2.81. The molecule has 1 aromatic carbocycles. The van der Waals surface area contributed by atoms with Crippen LogP contribution in [0.25, 0.3) is 0 Å². The van der Waals surface area contributed by atoms with Crippen LogP contribution in [0.1, 0.15) is 17.4 Å². The Hall–Kier alpha value is -0.780. The van der Waals surface area contributed by atoms with Gasteiger partial charge in [0, 0.05) is 13.5 Å². The average molecular weight is 350 g/mol. The fraction of sp³-hybridized carbons (Fsp3) is 0.357. The van der Waals surface area contributed by atoms with Gasteiger partial charge < -0.3 is 9.84 Å². The van der Waals surface area contributed by atoms with Crippen molar-refractivity contribution < 1.29 is 9.84 Å². The fourth-order valence-electron chi connectivity index (χ4n) is 2.05. The summed E-state index contributed by atoms with van der Waals surface area (Å²) in [6, 6.07) is 5.26. The van der Waals surface area contributed by atoms with Crippen LogP contribution in [0.3, 0.4) is 0 Å². The van der Waals surface area contributed by atoms with Crippen molar-refractivity contribution in [1.29, 1.82) is 0 Å². The molecule has 114 valence electrons. The molecule has 4 nitrogen and oxygen atoms in total. The van der Waals surface area contributed by atoms with Crippen LogP contribution in [0.5, 0.6) is 0 Å². The molecule has 0 bridgehead atoms. The van der Waals surface area contributed by atoms with Crippen LogP contribution < -0.4 is 0 Å². The minimum absolute atomic E-state index is 0.370. The summed E-state index contributed by atoms with van der Waals surface area (Å²) in [6.07, 6.45) is 1.11. The highest BCUT2D eigenvalue weighted by atomic mass is 35.5. The molecule has 2 rings (SSSR count). The van der Waals surface area contributed by atoms with Gasteiger partial charge in [0.1, 0.15) is 6.10 Å². The molecule has 2 aromatic rings. The van der Waals surface area contributed by atoms with E-state index in [1.54, 1.807) is 23.9 Å². The minimum Gasteiger partial charge on any atom is -0.386 e. The molecular weight excluding hydrogens is 335 g/mol. The van der Waals surface area contributed by atoms with E-state index < -0.39 is 6.10 Å². The zero-order chi connectivity index (χ0) is 15.4. The topological polar surface area (TPSA) is 47.3 Å². The van der Waals surface area contributed by atoms with Crippen LogP contribution in [-0.2, 0) is 17.7 Å².